The Morgan fingerprint density at radius 2 is 1.90 bits per heavy atom. The summed E-state index contributed by atoms with van der Waals surface area (Å²) in [6.45, 7) is 10.3. The number of ether oxygens (including phenoxy) is 2. The van der Waals surface area contributed by atoms with Crippen LogP contribution < -0.4 is 14.8 Å². The third kappa shape index (κ3) is 5.95. The predicted molar refractivity (Wildman–Crippen MR) is 85.9 cm³/mol. The van der Waals surface area contributed by atoms with Crippen LogP contribution in [0.5, 0.6) is 11.5 Å². The molecule has 1 N–H and O–H groups in total. The van der Waals surface area contributed by atoms with Crippen LogP contribution in [0.3, 0.4) is 0 Å². The fourth-order valence-electron chi connectivity index (χ4n) is 2.00. The summed E-state index contributed by atoms with van der Waals surface area (Å²) in [5, 5.41) is 12.1. The van der Waals surface area contributed by atoms with Crippen LogP contribution in [0.4, 0.5) is 5.69 Å². The first kappa shape index (κ1) is 17.2. The zero-order valence-corrected chi connectivity index (χ0v) is 13.5. The van der Waals surface area contributed by atoms with Crippen molar-refractivity contribution in [3.8, 4) is 17.6 Å². The van der Waals surface area contributed by atoms with Gasteiger partial charge in [-0.05, 0) is 37.8 Å². The Hall–Kier alpha value is -1.89. The molecule has 0 bridgehead atoms. The highest BCUT2D eigenvalue weighted by Crippen LogP contribution is 2.31. The number of rotatable bonds is 9. The van der Waals surface area contributed by atoms with E-state index in [2.05, 4.69) is 25.2 Å². The van der Waals surface area contributed by atoms with Gasteiger partial charge in [0, 0.05) is 19.0 Å². The minimum absolute atomic E-state index is 0.0564. The van der Waals surface area contributed by atoms with Gasteiger partial charge in [0.1, 0.15) is 11.5 Å². The lowest BCUT2D eigenvalue weighted by molar-refractivity contribution is 0.330. The number of nitriles is 1. The third-order valence-electron chi connectivity index (χ3n) is 3.23. The summed E-state index contributed by atoms with van der Waals surface area (Å²) in [6, 6.07) is 8.02. The van der Waals surface area contributed by atoms with Crippen molar-refractivity contribution in [2.24, 2.45) is 5.41 Å². The first-order valence-electron chi connectivity index (χ1n) is 7.53. The van der Waals surface area contributed by atoms with Crippen LogP contribution in [0.15, 0.2) is 18.2 Å². The topological polar surface area (TPSA) is 54.3 Å². The number of nitrogens with one attached hydrogen (secondary N) is 1. The second kappa shape index (κ2) is 8.41. The second-order valence-electron chi connectivity index (χ2n) is 5.70. The van der Waals surface area contributed by atoms with Crippen molar-refractivity contribution in [2.75, 3.05) is 25.1 Å². The van der Waals surface area contributed by atoms with Gasteiger partial charge in [-0.15, -0.1) is 0 Å². The average Bonchev–Trinajstić information content (AvgIpc) is 2.46. The lowest BCUT2D eigenvalue weighted by Crippen LogP contribution is -2.23. The van der Waals surface area contributed by atoms with E-state index in [0.717, 1.165) is 30.2 Å². The molecule has 0 fully saturated rings. The quantitative estimate of drug-likeness (QED) is 0.739. The van der Waals surface area contributed by atoms with Crippen LogP contribution in [0, 0.1) is 16.7 Å². The summed E-state index contributed by atoms with van der Waals surface area (Å²) in [7, 11) is 0. The van der Waals surface area contributed by atoms with Gasteiger partial charge in [0.2, 0.25) is 0 Å². The molecule has 0 amide bonds. The molecule has 1 aromatic carbocycles. The van der Waals surface area contributed by atoms with Gasteiger partial charge >= 0.3 is 0 Å². The van der Waals surface area contributed by atoms with Gasteiger partial charge < -0.3 is 14.8 Å². The number of hydrogen-bond acceptors (Lipinski definition) is 4. The molecule has 1 aromatic rings. The smallest absolute Gasteiger partial charge is 0.142 e. The van der Waals surface area contributed by atoms with E-state index in [1.165, 1.54) is 0 Å². The van der Waals surface area contributed by atoms with Gasteiger partial charge in [0.05, 0.1) is 25.0 Å². The second-order valence-corrected chi connectivity index (χ2v) is 5.70. The van der Waals surface area contributed by atoms with E-state index in [9.17, 15) is 0 Å². The summed E-state index contributed by atoms with van der Waals surface area (Å²) in [5.41, 5.74) is 0.994. The standard InChI is InChI=1S/C17H26N2O2/c1-5-20-14-8-9-16(21-6-2)15(12-14)19-13-17(3,4)10-7-11-18/h8-9,12,19H,5-7,10,13H2,1-4H3. The van der Waals surface area contributed by atoms with Crippen molar-refractivity contribution in [3.05, 3.63) is 18.2 Å². The van der Waals surface area contributed by atoms with Crippen LogP contribution in [0.1, 0.15) is 40.5 Å². The molecule has 0 saturated heterocycles. The fraction of sp³-hybridized carbons (Fsp3) is 0.588. The van der Waals surface area contributed by atoms with Gasteiger partial charge in [0.25, 0.3) is 0 Å². The van der Waals surface area contributed by atoms with E-state index in [0.29, 0.717) is 19.6 Å². The first-order valence-corrected chi connectivity index (χ1v) is 7.53. The fourth-order valence-corrected chi connectivity index (χ4v) is 2.00. The Bertz CT molecular complexity index is 478. The van der Waals surface area contributed by atoms with Crippen LogP contribution in [0.25, 0.3) is 0 Å². The normalized spacial score (nSPS) is 10.8. The van der Waals surface area contributed by atoms with Gasteiger partial charge in [-0.2, -0.15) is 5.26 Å². The minimum Gasteiger partial charge on any atom is -0.494 e. The zero-order chi connectivity index (χ0) is 15.7. The van der Waals surface area contributed by atoms with Crippen molar-refractivity contribution >= 4 is 5.69 Å². The maximum absolute atomic E-state index is 8.72. The van der Waals surface area contributed by atoms with Crippen molar-refractivity contribution in [1.82, 2.24) is 0 Å². The molecule has 4 nitrogen and oxygen atoms in total. The largest absolute Gasteiger partial charge is 0.494 e. The SMILES string of the molecule is CCOc1ccc(OCC)c(NCC(C)(C)CCC#N)c1. The summed E-state index contributed by atoms with van der Waals surface area (Å²) in [5.74, 6) is 1.66. The van der Waals surface area contributed by atoms with E-state index < -0.39 is 0 Å². The summed E-state index contributed by atoms with van der Waals surface area (Å²) in [6.07, 6.45) is 1.44. The van der Waals surface area contributed by atoms with Crippen LogP contribution in [0.2, 0.25) is 0 Å². The molecule has 1 rings (SSSR count). The molecule has 0 atom stereocenters. The summed E-state index contributed by atoms with van der Waals surface area (Å²) in [4.78, 5) is 0. The molecule has 0 spiro atoms. The van der Waals surface area contributed by atoms with Crippen molar-refractivity contribution in [1.29, 1.82) is 5.26 Å². The Balaban J connectivity index is 2.79. The van der Waals surface area contributed by atoms with Gasteiger partial charge in [-0.25, -0.2) is 0 Å². The Morgan fingerprint density at radius 3 is 2.52 bits per heavy atom. The van der Waals surface area contributed by atoms with Gasteiger partial charge in [0.15, 0.2) is 0 Å². The molecule has 0 aliphatic rings. The van der Waals surface area contributed by atoms with Crippen molar-refractivity contribution < 1.29 is 9.47 Å². The Morgan fingerprint density at radius 1 is 1.19 bits per heavy atom. The molecule has 0 heterocycles. The van der Waals surface area contributed by atoms with Gasteiger partial charge in [-0.3, -0.25) is 0 Å². The molecule has 0 saturated carbocycles. The number of nitrogens with zero attached hydrogens (tertiary/aromatic N) is 1. The molecule has 0 aromatic heterocycles. The average molecular weight is 290 g/mol. The van der Waals surface area contributed by atoms with Crippen LogP contribution >= 0.6 is 0 Å². The molecule has 4 heteroatoms. The molecule has 0 radical (unpaired) electrons. The Kier molecular flexibility index (Phi) is 6.87. The maximum Gasteiger partial charge on any atom is 0.142 e. The van der Waals surface area contributed by atoms with Crippen LogP contribution in [-0.4, -0.2) is 19.8 Å². The number of hydrogen-bond donors (Lipinski definition) is 1. The van der Waals surface area contributed by atoms with E-state index in [4.69, 9.17) is 14.7 Å². The predicted octanol–water partition coefficient (Wildman–Crippen LogP) is 4.23. The van der Waals surface area contributed by atoms with E-state index in [1.54, 1.807) is 0 Å². The lowest BCUT2D eigenvalue weighted by Gasteiger charge is -2.25. The molecule has 21 heavy (non-hydrogen) atoms. The van der Waals surface area contributed by atoms with E-state index in [1.807, 2.05) is 32.0 Å². The lowest BCUT2D eigenvalue weighted by atomic mass is 9.88. The van der Waals surface area contributed by atoms with Crippen molar-refractivity contribution in [3.63, 3.8) is 0 Å². The highest BCUT2D eigenvalue weighted by molar-refractivity contribution is 5.59. The highest BCUT2D eigenvalue weighted by atomic mass is 16.5. The third-order valence-corrected chi connectivity index (χ3v) is 3.23. The molecule has 0 unspecified atom stereocenters. The monoisotopic (exact) mass is 290 g/mol. The minimum atomic E-state index is 0.0564. The maximum atomic E-state index is 8.72. The van der Waals surface area contributed by atoms with Crippen LogP contribution in [-0.2, 0) is 0 Å². The van der Waals surface area contributed by atoms with E-state index >= 15 is 0 Å². The zero-order valence-electron chi connectivity index (χ0n) is 13.5. The number of anilines is 1. The van der Waals surface area contributed by atoms with E-state index in [-0.39, 0.29) is 5.41 Å². The van der Waals surface area contributed by atoms with Crippen molar-refractivity contribution in [2.45, 2.75) is 40.5 Å². The molecule has 116 valence electrons. The van der Waals surface area contributed by atoms with Gasteiger partial charge in [-0.1, -0.05) is 13.8 Å². The molecular formula is C17H26N2O2. The molecule has 0 aliphatic heterocycles. The first-order chi connectivity index (χ1) is 10.0. The highest BCUT2D eigenvalue weighted by Gasteiger charge is 2.18. The molecular weight excluding hydrogens is 264 g/mol. The molecule has 0 aliphatic carbocycles. The number of benzene rings is 1. The summed E-state index contributed by atoms with van der Waals surface area (Å²) >= 11 is 0. The summed E-state index contributed by atoms with van der Waals surface area (Å²) < 4.78 is 11.2. The Labute approximate surface area is 128 Å².